The zero-order valence-electron chi connectivity index (χ0n) is 19.7. The number of hydrogen-bond donors (Lipinski definition) is 1. The second-order valence-corrected chi connectivity index (χ2v) is 9.01. The third kappa shape index (κ3) is 5.55. The molecule has 0 saturated heterocycles. The molecule has 1 heterocycles. The molecule has 0 atom stereocenters. The Kier molecular flexibility index (Phi) is 7.29. The van der Waals surface area contributed by atoms with Gasteiger partial charge in [-0.2, -0.15) is 31.4 Å². The number of carbonyl (C=O) groups is 1. The first-order valence-electron chi connectivity index (χ1n) is 11.2. The first-order chi connectivity index (χ1) is 17.8. The molecular formula is C27H20ClF6N3O. The number of nitrogens with zero attached hydrogens (tertiary/aromatic N) is 2. The summed E-state index contributed by atoms with van der Waals surface area (Å²) in [4.78, 5) is 13.5. The minimum atomic E-state index is -4.74. The van der Waals surface area contributed by atoms with Crippen molar-refractivity contribution in [1.82, 2.24) is 15.1 Å². The van der Waals surface area contributed by atoms with Crippen molar-refractivity contribution < 1.29 is 31.1 Å². The molecule has 3 aromatic carbocycles. The van der Waals surface area contributed by atoms with Gasteiger partial charge in [-0.25, -0.2) is 0 Å². The van der Waals surface area contributed by atoms with Crippen LogP contribution in [0.4, 0.5) is 26.3 Å². The van der Waals surface area contributed by atoms with Crippen molar-refractivity contribution in [3.05, 3.63) is 124 Å². The van der Waals surface area contributed by atoms with Crippen LogP contribution in [0, 0.1) is 0 Å². The topological polar surface area (TPSA) is 46.9 Å². The molecule has 1 N–H and O–H groups in total. The number of nitrogens with one attached hydrogen (secondary N) is 1. The lowest BCUT2D eigenvalue weighted by molar-refractivity contribution is -0.138. The largest absolute Gasteiger partial charge is 0.416 e. The molecule has 0 aliphatic carbocycles. The highest BCUT2D eigenvalue weighted by Gasteiger charge is 2.41. The van der Waals surface area contributed by atoms with Gasteiger partial charge in [0, 0.05) is 13.5 Å². The van der Waals surface area contributed by atoms with Crippen molar-refractivity contribution in [3.8, 4) is 0 Å². The lowest BCUT2D eigenvalue weighted by Gasteiger charge is -2.37. The Balaban J connectivity index is 2.01. The molecular weight excluding hydrogens is 532 g/mol. The van der Waals surface area contributed by atoms with E-state index in [0.29, 0.717) is 5.56 Å². The fraction of sp³-hybridized carbons (Fsp3) is 0.185. The number of benzene rings is 3. The van der Waals surface area contributed by atoms with Crippen LogP contribution in [-0.4, -0.2) is 15.7 Å². The van der Waals surface area contributed by atoms with Gasteiger partial charge in [-0.05, 0) is 41.0 Å². The maximum absolute atomic E-state index is 13.7. The summed E-state index contributed by atoms with van der Waals surface area (Å²) in [6.07, 6.45) is -8.47. The van der Waals surface area contributed by atoms with E-state index in [1.54, 1.807) is 30.3 Å². The summed E-state index contributed by atoms with van der Waals surface area (Å²) in [6, 6.07) is 16.7. The smallest absolute Gasteiger partial charge is 0.338 e. The standard InChI is InChI=1S/C27H20ClF6N3O/c1-37-23(28)22(16-35-37)24(38)36-25(15-17-7-3-2-4-8-17,18-9-5-11-20(13-18)26(29,30)31)19-10-6-12-21(14-19)27(32,33)34/h2-14,16H,15H2,1H3,(H,36,38). The summed E-state index contributed by atoms with van der Waals surface area (Å²) in [5, 5.41) is 6.59. The molecule has 1 aromatic heterocycles. The van der Waals surface area contributed by atoms with E-state index in [9.17, 15) is 31.1 Å². The first kappa shape index (κ1) is 27.3. The molecule has 4 rings (SSSR count). The van der Waals surface area contributed by atoms with Crippen molar-refractivity contribution in [2.24, 2.45) is 7.05 Å². The number of aromatic nitrogens is 2. The summed E-state index contributed by atoms with van der Waals surface area (Å²) in [6.45, 7) is 0. The van der Waals surface area contributed by atoms with Crippen LogP contribution in [-0.2, 0) is 31.4 Å². The van der Waals surface area contributed by atoms with Crippen LogP contribution in [0.1, 0.15) is 38.2 Å². The van der Waals surface area contributed by atoms with Gasteiger partial charge in [-0.3, -0.25) is 9.48 Å². The van der Waals surface area contributed by atoms with Gasteiger partial charge in [0.1, 0.15) is 5.15 Å². The normalized spacial score (nSPS) is 12.4. The average Bonchev–Trinajstić information content (AvgIpc) is 3.21. The summed E-state index contributed by atoms with van der Waals surface area (Å²) in [7, 11) is 1.48. The van der Waals surface area contributed by atoms with Crippen LogP contribution in [0.25, 0.3) is 0 Å². The summed E-state index contributed by atoms with van der Waals surface area (Å²) < 4.78 is 83.6. The zero-order valence-corrected chi connectivity index (χ0v) is 20.5. The SMILES string of the molecule is Cn1ncc(C(=O)NC(Cc2ccccc2)(c2cccc(C(F)(F)F)c2)c2cccc(C(F)(F)F)c2)c1Cl. The fourth-order valence-electron chi connectivity index (χ4n) is 4.22. The van der Waals surface area contributed by atoms with Crippen molar-refractivity contribution in [3.63, 3.8) is 0 Å². The Hall–Kier alpha value is -3.79. The first-order valence-corrected chi connectivity index (χ1v) is 11.6. The van der Waals surface area contributed by atoms with Gasteiger partial charge in [-0.15, -0.1) is 0 Å². The van der Waals surface area contributed by atoms with Gasteiger partial charge >= 0.3 is 12.4 Å². The predicted molar refractivity (Wildman–Crippen MR) is 129 cm³/mol. The van der Waals surface area contributed by atoms with Crippen LogP contribution in [0.3, 0.4) is 0 Å². The highest BCUT2D eigenvalue weighted by molar-refractivity contribution is 6.32. The van der Waals surface area contributed by atoms with E-state index in [2.05, 4.69) is 10.4 Å². The van der Waals surface area contributed by atoms with Crippen LogP contribution >= 0.6 is 11.6 Å². The lowest BCUT2D eigenvalue weighted by Crippen LogP contribution is -2.49. The fourth-order valence-corrected chi connectivity index (χ4v) is 4.40. The van der Waals surface area contributed by atoms with Gasteiger partial charge in [0.2, 0.25) is 0 Å². The number of carbonyl (C=O) groups excluding carboxylic acids is 1. The van der Waals surface area contributed by atoms with Crippen LogP contribution in [0.15, 0.2) is 85.1 Å². The molecule has 38 heavy (non-hydrogen) atoms. The number of halogens is 7. The molecule has 0 aliphatic rings. The predicted octanol–water partition coefficient (Wildman–Crippen LogP) is 7.03. The van der Waals surface area contributed by atoms with Gasteiger partial charge in [0.25, 0.3) is 5.91 Å². The average molecular weight is 552 g/mol. The Labute approximate surface area is 218 Å². The highest BCUT2D eigenvalue weighted by Crippen LogP contribution is 2.40. The quantitative estimate of drug-likeness (QED) is 0.262. The minimum absolute atomic E-state index is 0.0517. The van der Waals surface area contributed by atoms with Crippen LogP contribution < -0.4 is 5.32 Å². The summed E-state index contributed by atoms with van der Waals surface area (Å²) in [5.41, 5.74) is -3.57. The van der Waals surface area contributed by atoms with E-state index < -0.39 is 34.9 Å². The maximum Gasteiger partial charge on any atom is 0.416 e. The number of rotatable bonds is 6. The molecule has 0 spiro atoms. The van der Waals surface area contributed by atoms with Gasteiger partial charge < -0.3 is 5.32 Å². The van der Waals surface area contributed by atoms with Crippen LogP contribution in [0.5, 0.6) is 0 Å². The second-order valence-electron chi connectivity index (χ2n) is 8.65. The summed E-state index contributed by atoms with van der Waals surface area (Å²) >= 11 is 6.20. The third-order valence-corrected chi connectivity index (χ3v) is 6.56. The highest BCUT2D eigenvalue weighted by atomic mass is 35.5. The molecule has 0 aliphatic heterocycles. The third-order valence-electron chi connectivity index (χ3n) is 6.12. The van der Waals surface area contributed by atoms with Crippen molar-refractivity contribution in [2.45, 2.75) is 24.3 Å². The van der Waals surface area contributed by atoms with E-state index in [0.717, 1.165) is 36.4 Å². The van der Waals surface area contributed by atoms with Crippen LogP contribution in [0.2, 0.25) is 5.15 Å². The molecule has 0 fully saturated rings. The van der Waals surface area contributed by atoms with E-state index in [1.807, 2.05) is 0 Å². The maximum atomic E-state index is 13.7. The molecule has 4 nitrogen and oxygen atoms in total. The van der Waals surface area contributed by atoms with Gasteiger partial charge in [-0.1, -0.05) is 66.2 Å². The molecule has 0 radical (unpaired) electrons. The van der Waals surface area contributed by atoms with Gasteiger partial charge in [0.15, 0.2) is 0 Å². The number of hydrogen-bond acceptors (Lipinski definition) is 2. The van der Waals surface area contributed by atoms with E-state index in [-0.39, 0.29) is 28.3 Å². The molecule has 0 bridgehead atoms. The Morgan fingerprint density at radius 2 is 1.32 bits per heavy atom. The minimum Gasteiger partial charge on any atom is -0.338 e. The second kappa shape index (κ2) is 10.2. The van der Waals surface area contributed by atoms with Crippen molar-refractivity contribution >= 4 is 17.5 Å². The summed E-state index contributed by atoms with van der Waals surface area (Å²) in [5.74, 6) is -0.825. The molecule has 198 valence electrons. The molecule has 0 unspecified atom stereocenters. The number of amides is 1. The molecule has 1 amide bonds. The number of alkyl halides is 6. The van der Waals surface area contributed by atoms with E-state index in [1.165, 1.54) is 30.1 Å². The van der Waals surface area contributed by atoms with Crippen molar-refractivity contribution in [2.75, 3.05) is 0 Å². The molecule has 4 aromatic rings. The number of aryl methyl sites for hydroxylation is 1. The van der Waals surface area contributed by atoms with Crippen molar-refractivity contribution in [1.29, 1.82) is 0 Å². The molecule has 11 heteroatoms. The van der Waals surface area contributed by atoms with E-state index in [4.69, 9.17) is 11.6 Å². The van der Waals surface area contributed by atoms with Gasteiger partial charge in [0.05, 0.1) is 28.4 Å². The van der Waals surface area contributed by atoms with E-state index >= 15 is 0 Å². The Bertz CT molecular complexity index is 1390. The molecule has 0 saturated carbocycles. The Morgan fingerprint density at radius 3 is 1.76 bits per heavy atom. The Morgan fingerprint density at radius 1 is 0.816 bits per heavy atom. The lowest BCUT2D eigenvalue weighted by atomic mass is 9.76. The monoisotopic (exact) mass is 551 g/mol. The zero-order chi connectivity index (χ0) is 27.7.